The van der Waals surface area contributed by atoms with Crippen molar-refractivity contribution in [1.29, 1.82) is 0 Å². The molecular weight excluding hydrogens is 352 g/mol. The molecule has 0 aliphatic carbocycles. The summed E-state index contributed by atoms with van der Waals surface area (Å²) in [5.74, 6) is 0.224. The first-order chi connectivity index (χ1) is 13.1. The molecule has 0 saturated carbocycles. The van der Waals surface area contributed by atoms with Crippen LogP contribution in [-0.4, -0.2) is 43.6 Å². The number of para-hydroxylation sites is 2. The van der Waals surface area contributed by atoms with Crippen molar-refractivity contribution in [2.24, 2.45) is 11.7 Å². The Hall–Kier alpha value is -2.51. The lowest BCUT2D eigenvalue weighted by Gasteiger charge is -2.17. The van der Waals surface area contributed by atoms with Crippen LogP contribution < -0.4 is 15.8 Å². The van der Waals surface area contributed by atoms with E-state index in [4.69, 9.17) is 5.73 Å². The molecule has 1 aliphatic heterocycles. The second kappa shape index (κ2) is 8.92. The molecule has 3 rings (SSSR count). The number of ether oxygens (including phenoxy) is 1. The Kier molecular flexibility index (Phi) is 6.36. The summed E-state index contributed by atoms with van der Waals surface area (Å²) in [7, 11) is 0. The zero-order valence-corrected chi connectivity index (χ0v) is 14.9. The van der Waals surface area contributed by atoms with Crippen LogP contribution in [0.5, 0.6) is 5.75 Å². The zero-order valence-electron chi connectivity index (χ0n) is 14.9. The predicted octanol–water partition coefficient (Wildman–Crippen LogP) is 2.90. The number of nitrogens with zero attached hydrogens (tertiary/aromatic N) is 1. The van der Waals surface area contributed by atoms with E-state index in [0.29, 0.717) is 6.54 Å². The smallest absolute Gasteiger partial charge is 0.387 e. The highest BCUT2D eigenvalue weighted by molar-refractivity contribution is 5.93. The maximum absolute atomic E-state index is 12.5. The van der Waals surface area contributed by atoms with Crippen LogP contribution in [0.15, 0.2) is 54.6 Å². The lowest BCUT2D eigenvalue weighted by Crippen LogP contribution is -2.32. The van der Waals surface area contributed by atoms with Crippen molar-refractivity contribution in [2.75, 3.05) is 31.5 Å². The Balaban J connectivity index is 1.62. The normalized spacial score (nSPS) is 20.0. The van der Waals surface area contributed by atoms with E-state index in [0.717, 1.165) is 13.1 Å². The summed E-state index contributed by atoms with van der Waals surface area (Å²) in [6.45, 7) is -0.780. The third kappa shape index (κ3) is 5.02. The summed E-state index contributed by atoms with van der Waals surface area (Å²) >= 11 is 0. The molecule has 1 amide bonds. The number of nitrogens with one attached hydrogen (secondary N) is 1. The number of carbonyl (C=O) groups excluding carboxylic acids is 1. The number of nitrogens with two attached hydrogens (primary N) is 1. The summed E-state index contributed by atoms with van der Waals surface area (Å²) in [6, 6.07) is 16.3. The van der Waals surface area contributed by atoms with Gasteiger partial charge in [-0.3, -0.25) is 9.69 Å². The maximum atomic E-state index is 12.5. The maximum Gasteiger partial charge on any atom is 0.387 e. The molecule has 2 atom stereocenters. The number of halogens is 2. The molecular formula is C20H23F2N3O2. The molecule has 27 heavy (non-hydrogen) atoms. The minimum absolute atomic E-state index is 0.0516. The highest BCUT2D eigenvalue weighted by Crippen LogP contribution is 2.32. The zero-order chi connectivity index (χ0) is 19.2. The Bertz CT molecular complexity index is 758. The fourth-order valence-electron chi connectivity index (χ4n) is 3.57. The van der Waals surface area contributed by atoms with Crippen LogP contribution in [0.25, 0.3) is 0 Å². The number of anilines is 1. The Morgan fingerprint density at radius 1 is 1.15 bits per heavy atom. The molecule has 1 heterocycles. The van der Waals surface area contributed by atoms with Gasteiger partial charge in [0.1, 0.15) is 5.75 Å². The summed E-state index contributed by atoms with van der Waals surface area (Å²) in [5.41, 5.74) is 7.38. The van der Waals surface area contributed by atoms with Crippen molar-refractivity contribution in [3.05, 3.63) is 60.2 Å². The van der Waals surface area contributed by atoms with Crippen LogP contribution in [0, 0.1) is 5.92 Å². The Morgan fingerprint density at radius 3 is 2.56 bits per heavy atom. The van der Waals surface area contributed by atoms with Crippen molar-refractivity contribution in [2.45, 2.75) is 12.5 Å². The molecule has 3 N–H and O–H groups in total. The lowest BCUT2D eigenvalue weighted by molar-refractivity contribution is -0.117. The molecule has 1 saturated heterocycles. The van der Waals surface area contributed by atoms with Crippen LogP contribution in [-0.2, 0) is 4.79 Å². The van der Waals surface area contributed by atoms with Crippen molar-refractivity contribution in [3.8, 4) is 5.75 Å². The van der Waals surface area contributed by atoms with Gasteiger partial charge < -0.3 is 15.8 Å². The van der Waals surface area contributed by atoms with Crippen molar-refractivity contribution < 1.29 is 18.3 Å². The van der Waals surface area contributed by atoms with E-state index in [9.17, 15) is 13.6 Å². The van der Waals surface area contributed by atoms with Gasteiger partial charge in [0.2, 0.25) is 5.91 Å². The van der Waals surface area contributed by atoms with E-state index in [1.165, 1.54) is 17.7 Å². The Labute approximate surface area is 157 Å². The number of hydrogen-bond acceptors (Lipinski definition) is 4. The molecule has 1 fully saturated rings. The molecule has 0 bridgehead atoms. The number of hydrogen-bond donors (Lipinski definition) is 2. The van der Waals surface area contributed by atoms with Crippen LogP contribution in [0.4, 0.5) is 14.5 Å². The van der Waals surface area contributed by atoms with Crippen LogP contribution >= 0.6 is 0 Å². The first-order valence-corrected chi connectivity index (χ1v) is 8.88. The van der Waals surface area contributed by atoms with E-state index in [1.807, 2.05) is 23.1 Å². The molecule has 7 heteroatoms. The topological polar surface area (TPSA) is 67.6 Å². The molecule has 1 aliphatic rings. The van der Waals surface area contributed by atoms with Gasteiger partial charge in [0, 0.05) is 19.0 Å². The first kappa shape index (κ1) is 19.3. The average Bonchev–Trinajstić information content (AvgIpc) is 3.06. The molecule has 0 radical (unpaired) electrons. The lowest BCUT2D eigenvalue weighted by atomic mass is 9.89. The quantitative estimate of drug-likeness (QED) is 0.781. The highest BCUT2D eigenvalue weighted by atomic mass is 19.3. The van der Waals surface area contributed by atoms with Gasteiger partial charge in [-0.25, -0.2) is 0 Å². The molecule has 2 aromatic carbocycles. The second-order valence-electron chi connectivity index (χ2n) is 6.63. The van der Waals surface area contributed by atoms with Gasteiger partial charge in [0.05, 0.1) is 12.2 Å². The summed E-state index contributed by atoms with van der Waals surface area (Å²) in [5, 5.41) is 2.66. The van der Waals surface area contributed by atoms with Crippen LogP contribution in [0.1, 0.15) is 11.5 Å². The molecule has 0 spiro atoms. The van der Waals surface area contributed by atoms with Crippen molar-refractivity contribution in [3.63, 3.8) is 0 Å². The standard InChI is InChI=1S/C20H23F2N3O2/c21-20(22)27-18-9-5-4-8-17(18)24-19(26)13-25-11-15(10-23)16(12-25)14-6-2-1-3-7-14/h1-9,15-16,20H,10-13,23H2,(H,24,26)/t15-,16+/m1/s1. The predicted molar refractivity (Wildman–Crippen MR) is 99.9 cm³/mol. The van der Waals surface area contributed by atoms with Gasteiger partial charge in [-0.15, -0.1) is 0 Å². The number of carbonyl (C=O) groups is 1. The number of alkyl halides is 2. The fourth-order valence-corrected chi connectivity index (χ4v) is 3.57. The highest BCUT2D eigenvalue weighted by Gasteiger charge is 2.33. The largest absolute Gasteiger partial charge is 0.433 e. The van der Waals surface area contributed by atoms with E-state index in [2.05, 4.69) is 22.2 Å². The summed E-state index contributed by atoms with van der Waals surface area (Å²) < 4.78 is 29.4. The van der Waals surface area contributed by atoms with Gasteiger partial charge in [-0.05, 0) is 30.2 Å². The number of likely N-dealkylation sites (tertiary alicyclic amines) is 1. The van der Waals surface area contributed by atoms with Crippen molar-refractivity contribution in [1.82, 2.24) is 4.90 Å². The number of amides is 1. The minimum atomic E-state index is -2.95. The van der Waals surface area contributed by atoms with Crippen LogP contribution in [0.2, 0.25) is 0 Å². The minimum Gasteiger partial charge on any atom is -0.433 e. The summed E-state index contributed by atoms with van der Waals surface area (Å²) in [6.07, 6.45) is 0. The molecule has 144 valence electrons. The van der Waals surface area contributed by atoms with Crippen molar-refractivity contribution >= 4 is 11.6 Å². The molecule has 2 aromatic rings. The monoisotopic (exact) mass is 375 g/mol. The summed E-state index contributed by atoms with van der Waals surface area (Å²) in [4.78, 5) is 14.5. The number of benzene rings is 2. The van der Waals surface area contributed by atoms with Gasteiger partial charge in [0.15, 0.2) is 0 Å². The van der Waals surface area contributed by atoms with E-state index in [1.54, 1.807) is 12.1 Å². The third-order valence-electron chi connectivity index (χ3n) is 4.79. The van der Waals surface area contributed by atoms with Gasteiger partial charge in [-0.1, -0.05) is 42.5 Å². The van der Waals surface area contributed by atoms with Gasteiger partial charge in [-0.2, -0.15) is 8.78 Å². The van der Waals surface area contributed by atoms with E-state index >= 15 is 0 Å². The first-order valence-electron chi connectivity index (χ1n) is 8.88. The average molecular weight is 375 g/mol. The second-order valence-corrected chi connectivity index (χ2v) is 6.63. The third-order valence-corrected chi connectivity index (χ3v) is 4.79. The Morgan fingerprint density at radius 2 is 1.85 bits per heavy atom. The van der Waals surface area contributed by atoms with E-state index in [-0.39, 0.29) is 35.7 Å². The van der Waals surface area contributed by atoms with Gasteiger partial charge >= 0.3 is 6.61 Å². The molecule has 0 aromatic heterocycles. The molecule has 5 nitrogen and oxygen atoms in total. The van der Waals surface area contributed by atoms with E-state index < -0.39 is 6.61 Å². The molecule has 0 unspecified atom stereocenters. The SMILES string of the molecule is NC[C@@H]1CN(CC(=O)Nc2ccccc2OC(F)F)C[C@H]1c1ccccc1. The number of rotatable bonds is 7. The fraction of sp³-hybridized carbons (Fsp3) is 0.350. The van der Waals surface area contributed by atoms with Gasteiger partial charge in [0.25, 0.3) is 0 Å². The van der Waals surface area contributed by atoms with Crippen LogP contribution in [0.3, 0.4) is 0 Å².